The molecule has 0 saturated heterocycles. The predicted octanol–water partition coefficient (Wildman–Crippen LogP) is 4.75. The topological polar surface area (TPSA) is 9.23 Å². The maximum atomic E-state index is 5.36. The summed E-state index contributed by atoms with van der Waals surface area (Å²) in [4.78, 5) is 1.17. The molecule has 2 aromatic rings. The zero-order chi connectivity index (χ0) is 12.1. The first-order valence-corrected chi connectivity index (χ1v) is 7.08. The normalized spacial score (nSPS) is 10.2. The summed E-state index contributed by atoms with van der Waals surface area (Å²) in [6, 6.07) is 16.5. The van der Waals surface area contributed by atoms with E-state index in [1.807, 2.05) is 18.2 Å². The van der Waals surface area contributed by atoms with E-state index in [-0.39, 0.29) is 0 Å². The van der Waals surface area contributed by atoms with E-state index in [2.05, 4.69) is 46.3 Å². The maximum Gasteiger partial charge on any atom is 0.133 e. The van der Waals surface area contributed by atoms with Crippen molar-refractivity contribution in [1.82, 2.24) is 0 Å². The van der Waals surface area contributed by atoms with Crippen LogP contribution in [0.15, 0.2) is 57.9 Å². The maximum absolute atomic E-state index is 5.36. The van der Waals surface area contributed by atoms with Crippen LogP contribution >= 0.6 is 27.7 Å². The van der Waals surface area contributed by atoms with Gasteiger partial charge in [0, 0.05) is 15.1 Å². The molecule has 1 nitrogen and oxygen atoms in total. The van der Waals surface area contributed by atoms with Gasteiger partial charge in [0.15, 0.2) is 0 Å². The summed E-state index contributed by atoms with van der Waals surface area (Å²) in [7, 11) is 1.70. The summed E-state index contributed by atoms with van der Waals surface area (Å²) in [5.74, 6) is 1.87. The average Bonchev–Trinajstić information content (AvgIpc) is 2.38. The molecule has 2 aromatic carbocycles. The molecule has 0 amide bonds. The van der Waals surface area contributed by atoms with Gasteiger partial charge in [-0.05, 0) is 23.8 Å². The Morgan fingerprint density at radius 1 is 1.12 bits per heavy atom. The number of methoxy groups -OCH3 is 1. The molecule has 0 aliphatic carbocycles. The summed E-state index contributed by atoms with van der Waals surface area (Å²) >= 11 is 5.23. The molecule has 0 fully saturated rings. The molecule has 0 unspecified atom stereocenters. The van der Waals surface area contributed by atoms with Gasteiger partial charge in [-0.25, -0.2) is 0 Å². The lowest BCUT2D eigenvalue weighted by Gasteiger charge is -2.08. The molecule has 17 heavy (non-hydrogen) atoms. The Hall–Kier alpha value is -0.930. The lowest BCUT2D eigenvalue weighted by molar-refractivity contribution is 0.404. The van der Waals surface area contributed by atoms with E-state index in [1.54, 1.807) is 18.9 Å². The van der Waals surface area contributed by atoms with Crippen LogP contribution in [0.2, 0.25) is 0 Å². The molecule has 0 N–H and O–H groups in total. The second-order valence-corrected chi connectivity index (χ2v) is 5.50. The van der Waals surface area contributed by atoms with E-state index in [0.29, 0.717) is 0 Å². The number of hydrogen-bond donors (Lipinski definition) is 0. The first-order valence-electron chi connectivity index (χ1n) is 5.30. The second-order valence-electron chi connectivity index (χ2n) is 3.57. The summed E-state index contributed by atoms with van der Waals surface area (Å²) in [6.07, 6.45) is 0. The van der Waals surface area contributed by atoms with E-state index in [0.717, 1.165) is 16.0 Å². The van der Waals surface area contributed by atoms with Gasteiger partial charge in [-0.2, -0.15) is 0 Å². The van der Waals surface area contributed by atoms with Gasteiger partial charge in [-0.3, -0.25) is 0 Å². The van der Waals surface area contributed by atoms with Crippen molar-refractivity contribution < 1.29 is 4.74 Å². The quantitative estimate of drug-likeness (QED) is 0.754. The van der Waals surface area contributed by atoms with Gasteiger partial charge >= 0.3 is 0 Å². The Bertz CT molecular complexity index is 485. The third-order valence-corrected chi connectivity index (χ3v) is 3.98. The van der Waals surface area contributed by atoms with Crippen LogP contribution in [0.25, 0.3) is 0 Å². The highest BCUT2D eigenvalue weighted by Gasteiger charge is 2.04. The molecule has 0 atom stereocenters. The molecule has 0 saturated carbocycles. The number of ether oxygens (including phenoxy) is 1. The molecule has 88 valence electrons. The van der Waals surface area contributed by atoms with Gasteiger partial charge in [-0.1, -0.05) is 46.3 Å². The van der Waals surface area contributed by atoms with Gasteiger partial charge in [0.25, 0.3) is 0 Å². The van der Waals surface area contributed by atoms with E-state index < -0.39 is 0 Å². The monoisotopic (exact) mass is 308 g/mol. The van der Waals surface area contributed by atoms with Crippen LogP contribution in [0.4, 0.5) is 0 Å². The number of benzene rings is 2. The number of halogens is 1. The Kier molecular flexibility index (Phi) is 4.51. The van der Waals surface area contributed by atoms with Crippen molar-refractivity contribution in [2.75, 3.05) is 7.11 Å². The third-order valence-electron chi connectivity index (χ3n) is 2.36. The minimum Gasteiger partial charge on any atom is -0.496 e. The van der Waals surface area contributed by atoms with Crippen molar-refractivity contribution in [1.29, 1.82) is 0 Å². The van der Waals surface area contributed by atoms with Crippen LogP contribution in [0.1, 0.15) is 5.56 Å². The molecular weight excluding hydrogens is 296 g/mol. The minimum absolute atomic E-state index is 0.917. The molecule has 0 aliphatic heterocycles. The number of rotatable bonds is 4. The smallest absolute Gasteiger partial charge is 0.133 e. The molecule has 0 aromatic heterocycles. The highest BCUT2D eigenvalue weighted by Crippen LogP contribution is 2.33. The average molecular weight is 309 g/mol. The van der Waals surface area contributed by atoms with Gasteiger partial charge in [0.05, 0.1) is 7.11 Å². The summed E-state index contributed by atoms with van der Waals surface area (Å²) in [5, 5.41) is 0. The van der Waals surface area contributed by atoms with Crippen LogP contribution in [0.5, 0.6) is 5.75 Å². The zero-order valence-corrected chi connectivity index (χ0v) is 11.9. The Balaban J connectivity index is 2.09. The molecular formula is C14H13BrOS. The highest BCUT2D eigenvalue weighted by atomic mass is 79.9. The van der Waals surface area contributed by atoms with Crippen molar-refractivity contribution in [2.24, 2.45) is 0 Å². The van der Waals surface area contributed by atoms with Crippen molar-refractivity contribution in [3.05, 3.63) is 58.6 Å². The van der Waals surface area contributed by atoms with Gasteiger partial charge in [-0.15, -0.1) is 11.8 Å². The molecule has 0 heterocycles. The number of hydrogen-bond acceptors (Lipinski definition) is 2. The lowest BCUT2D eigenvalue weighted by atomic mass is 10.2. The largest absolute Gasteiger partial charge is 0.496 e. The Morgan fingerprint density at radius 2 is 1.88 bits per heavy atom. The molecule has 3 heteroatoms. The van der Waals surface area contributed by atoms with Crippen molar-refractivity contribution >= 4 is 27.7 Å². The van der Waals surface area contributed by atoms with Crippen LogP contribution in [0, 0.1) is 0 Å². The van der Waals surface area contributed by atoms with Gasteiger partial charge in [0.2, 0.25) is 0 Å². The van der Waals surface area contributed by atoms with E-state index >= 15 is 0 Å². The molecule has 2 rings (SSSR count). The molecule has 0 aliphatic rings. The van der Waals surface area contributed by atoms with E-state index in [4.69, 9.17) is 4.74 Å². The molecule has 0 bridgehead atoms. The lowest BCUT2D eigenvalue weighted by Crippen LogP contribution is -1.87. The highest BCUT2D eigenvalue weighted by molar-refractivity contribution is 9.10. The standard InChI is InChI=1S/C14H13BrOS/c1-16-13-9-12(15)7-8-14(13)17-10-11-5-3-2-4-6-11/h2-9H,10H2,1H3. The second kappa shape index (κ2) is 6.12. The predicted molar refractivity (Wildman–Crippen MR) is 76.7 cm³/mol. The summed E-state index contributed by atoms with van der Waals surface area (Å²) in [5.41, 5.74) is 1.32. The molecule has 0 spiro atoms. The fourth-order valence-electron chi connectivity index (χ4n) is 1.50. The Labute approximate surface area is 114 Å². The summed E-state index contributed by atoms with van der Waals surface area (Å²) < 4.78 is 6.40. The van der Waals surface area contributed by atoms with Gasteiger partial charge < -0.3 is 4.74 Å². The molecule has 0 radical (unpaired) electrons. The van der Waals surface area contributed by atoms with Crippen LogP contribution in [-0.4, -0.2) is 7.11 Å². The van der Waals surface area contributed by atoms with Crippen LogP contribution < -0.4 is 4.74 Å². The first-order chi connectivity index (χ1) is 8.29. The van der Waals surface area contributed by atoms with Crippen LogP contribution in [-0.2, 0) is 5.75 Å². The number of thioether (sulfide) groups is 1. The fraction of sp³-hybridized carbons (Fsp3) is 0.143. The van der Waals surface area contributed by atoms with Crippen molar-refractivity contribution in [3.63, 3.8) is 0 Å². The van der Waals surface area contributed by atoms with Crippen molar-refractivity contribution in [3.8, 4) is 5.75 Å². The third kappa shape index (κ3) is 3.51. The van der Waals surface area contributed by atoms with Gasteiger partial charge in [0.1, 0.15) is 5.75 Å². The zero-order valence-electron chi connectivity index (χ0n) is 9.52. The fourth-order valence-corrected chi connectivity index (χ4v) is 2.80. The SMILES string of the molecule is COc1cc(Br)ccc1SCc1ccccc1. The Morgan fingerprint density at radius 3 is 2.59 bits per heavy atom. The van der Waals surface area contributed by atoms with Crippen molar-refractivity contribution in [2.45, 2.75) is 10.6 Å². The first kappa shape index (κ1) is 12.5. The van der Waals surface area contributed by atoms with E-state index in [9.17, 15) is 0 Å². The summed E-state index contributed by atoms with van der Waals surface area (Å²) in [6.45, 7) is 0. The minimum atomic E-state index is 0.917. The van der Waals surface area contributed by atoms with Crippen LogP contribution in [0.3, 0.4) is 0 Å². The van der Waals surface area contributed by atoms with E-state index in [1.165, 1.54) is 10.5 Å².